The van der Waals surface area contributed by atoms with E-state index in [1.807, 2.05) is 33.8 Å². The van der Waals surface area contributed by atoms with Gasteiger partial charge in [0.25, 0.3) is 0 Å². The molecule has 2 atom stereocenters. The molecule has 1 fully saturated rings. The number of sulfone groups is 1. The zero-order valence-corrected chi connectivity index (χ0v) is 13.9. The number of ether oxygens (including phenoxy) is 2. The highest BCUT2D eigenvalue weighted by Gasteiger charge is 2.40. The molecule has 1 aliphatic heterocycles. The molecule has 0 aliphatic carbocycles. The van der Waals surface area contributed by atoms with Crippen LogP contribution in [0.1, 0.15) is 27.7 Å². The molecule has 1 heterocycles. The summed E-state index contributed by atoms with van der Waals surface area (Å²) in [5.41, 5.74) is 0. The van der Waals surface area contributed by atoms with Crippen molar-refractivity contribution in [3.63, 3.8) is 0 Å². The van der Waals surface area contributed by atoms with Crippen LogP contribution in [-0.2, 0) is 19.3 Å². The van der Waals surface area contributed by atoms with Crippen LogP contribution in [0.4, 0.5) is 0 Å². The van der Waals surface area contributed by atoms with Crippen molar-refractivity contribution in [2.24, 2.45) is 11.8 Å². The van der Waals surface area contributed by atoms with Gasteiger partial charge in [0.1, 0.15) is 0 Å². The maximum absolute atomic E-state index is 12.6. The van der Waals surface area contributed by atoms with Gasteiger partial charge in [-0.25, -0.2) is 8.42 Å². The zero-order chi connectivity index (χ0) is 15.7. The van der Waals surface area contributed by atoms with Crippen LogP contribution in [0.2, 0.25) is 0 Å². The first-order valence-electron chi connectivity index (χ1n) is 7.31. The largest absolute Gasteiger partial charge is 0.348 e. The topological polar surface area (TPSA) is 52.6 Å². The summed E-state index contributed by atoms with van der Waals surface area (Å²) in [5.74, 6) is -0.435. The third kappa shape index (κ3) is 4.05. The van der Waals surface area contributed by atoms with Crippen LogP contribution >= 0.6 is 0 Å². The third-order valence-electron chi connectivity index (χ3n) is 3.88. The van der Waals surface area contributed by atoms with Crippen molar-refractivity contribution < 1.29 is 17.9 Å². The fourth-order valence-electron chi connectivity index (χ4n) is 2.63. The van der Waals surface area contributed by atoms with Crippen molar-refractivity contribution in [1.29, 1.82) is 0 Å². The first kappa shape index (κ1) is 16.5. The summed E-state index contributed by atoms with van der Waals surface area (Å²) in [4.78, 5) is 0.369. The summed E-state index contributed by atoms with van der Waals surface area (Å²) < 4.78 is 36.6. The van der Waals surface area contributed by atoms with E-state index in [9.17, 15) is 8.42 Å². The molecule has 0 amide bonds. The van der Waals surface area contributed by atoms with Crippen LogP contribution in [0.15, 0.2) is 35.2 Å². The Morgan fingerprint density at radius 3 is 2.33 bits per heavy atom. The summed E-state index contributed by atoms with van der Waals surface area (Å²) >= 11 is 0. The van der Waals surface area contributed by atoms with Gasteiger partial charge >= 0.3 is 0 Å². The highest BCUT2D eigenvalue weighted by atomic mass is 32.2. The van der Waals surface area contributed by atoms with Gasteiger partial charge in [0.05, 0.1) is 23.4 Å². The van der Waals surface area contributed by atoms with E-state index in [1.54, 1.807) is 24.3 Å². The van der Waals surface area contributed by atoms with E-state index in [1.165, 1.54) is 0 Å². The van der Waals surface area contributed by atoms with Crippen molar-refractivity contribution >= 4 is 9.84 Å². The van der Waals surface area contributed by atoms with Gasteiger partial charge in [-0.15, -0.1) is 0 Å². The second kappa shape index (κ2) is 6.07. The molecule has 118 valence electrons. The standard InChI is InChI=1S/C16H24O4S/c1-12(2)14(15-10-19-16(3,4)20-15)11-21(17,18)13-8-6-5-7-9-13/h5-9,12,14-15H,10-11H2,1-4H3/t14-,15+/m0/s1. The Morgan fingerprint density at radius 1 is 1.24 bits per heavy atom. The lowest BCUT2D eigenvalue weighted by Gasteiger charge is -2.27. The number of hydrogen-bond acceptors (Lipinski definition) is 4. The van der Waals surface area contributed by atoms with Crippen LogP contribution in [0.3, 0.4) is 0 Å². The molecule has 1 aliphatic rings. The minimum atomic E-state index is -3.31. The molecule has 0 radical (unpaired) electrons. The van der Waals surface area contributed by atoms with E-state index in [4.69, 9.17) is 9.47 Å². The third-order valence-corrected chi connectivity index (χ3v) is 5.69. The molecule has 0 saturated carbocycles. The van der Waals surface area contributed by atoms with E-state index >= 15 is 0 Å². The van der Waals surface area contributed by atoms with Gasteiger partial charge in [0, 0.05) is 5.92 Å². The molecule has 0 unspecified atom stereocenters. The molecule has 0 bridgehead atoms. The molecule has 2 rings (SSSR count). The zero-order valence-electron chi connectivity index (χ0n) is 13.1. The average Bonchev–Trinajstić information content (AvgIpc) is 2.77. The minimum Gasteiger partial charge on any atom is -0.348 e. The van der Waals surface area contributed by atoms with Gasteiger partial charge in [-0.1, -0.05) is 32.0 Å². The maximum Gasteiger partial charge on any atom is 0.178 e. The molecule has 0 spiro atoms. The first-order chi connectivity index (χ1) is 9.71. The SMILES string of the molecule is CC(C)[C@H](CS(=O)(=O)c1ccccc1)[C@H]1COC(C)(C)O1. The van der Waals surface area contributed by atoms with Gasteiger partial charge in [-0.05, 0) is 31.9 Å². The quantitative estimate of drug-likeness (QED) is 0.839. The fourth-order valence-corrected chi connectivity index (χ4v) is 4.50. The lowest BCUT2D eigenvalue weighted by molar-refractivity contribution is -0.145. The molecule has 1 aromatic rings. The maximum atomic E-state index is 12.6. The Morgan fingerprint density at radius 2 is 1.86 bits per heavy atom. The van der Waals surface area contributed by atoms with E-state index in [-0.39, 0.29) is 23.7 Å². The predicted molar refractivity (Wildman–Crippen MR) is 81.7 cm³/mol. The number of benzene rings is 1. The summed E-state index contributed by atoms with van der Waals surface area (Å²) in [6, 6.07) is 8.59. The van der Waals surface area contributed by atoms with Gasteiger partial charge in [0.15, 0.2) is 15.6 Å². The van der Waals surface area contributed by atoms with Crippen molar-refractivity contribution in [3.05, 3.63) is 30.3 Å². The first-order valence-corrected chi connectivity index (χ1v) is 8.96. The van der Waals surface area contributed by atoms with Crippen molar-refractivity contribution in [2.75, 3.05) is 12.4 Å². The Labute approximate surface area is 127 Å². The molecule has 4 nitrogen and oxygen atoms in total. The van der Waals surface area contributed by atoms with E-state index in [2.05, 4.69) is 0 Å². The van der Waals surface area contributed by atoms with Crippen LogP contribution in [0.25, 0.3) is 0 Å². The second-order valence-corrected chi connectivity index (χ2v) is 8.40. The van der Waals surface area contributed by atoms with Gasteiger partial charge in [0.2, 0.25) is 0 Å². The predicted octanol–water partition coefficient (Wildman–Crippen LogP) is 2.88. The molecule has 21 heavy (non-hydrogen) atoms. The minimum absolute atomic E-state index is 0.0821. The Kier molecular flexibility index (Phi) is 4.76. The molecule has 5 heteroatoms. The number of hydrogen-bond donors (Lipinski definition) is 0. The fraction of sp³-hybridized carbons (Fsp3) is 0.625. The second-order valence-electron chi connectivity index (χ2n) is 6.37. The molecule has 1 saturated heterocycles. The lowest BCUT2D eigenvalue weighted by atomic mass is 9.92. The summed E-state index contributed by atoms with van der Waals surface area (Å²) in [5, 5.41) is 0. The summed E-state index contributed by atoms with van der Waals surface area (Å²) in [7, 11) is -3.31. The Bertz CT molecular complexity index is 563. The molecular formula is C16H24O4S. The van der Waals surface area contributed by atoms with Gasteiger partial charge in [-0.2, -0.15) is 0 Å². The Balaban J connectivity index is 2.18. The smallest absolute Gasteiger partial charge is 0.178 e. The van der Waals surface area contributed by atoms with Gasteiger partial charge < -0.3 is 9.47 Å². The van der Waals surface area contributed by atoms with Crippen molar-refractivity contribution in [2.45, 2.75) is 44.5 Å². The normalized spacial score (nSPS) is 23.4. The van der Waals surface area contributed by atoms with Crippen LogP contribution in [0.5, 0.6) is 0 Å². The Hall–Kier alpha value is -0.910. The molecule has 1 aromatic carbocycles. The summed E-state index contributed by atoms with van der Waals surface area (Å²) in [6.07, 6.45) is -0.182. The van der Waals surface area contributed by atoms with Crippen LogP contribution < -0.4 is 0 Å². The van der Waals surface area contributed by atoms with Crippen LogP contribution in [0, 0.1) is 11.8 Å². The highest BCUT2D eigenvalue weighted by Crippen LogP contribution is 2.32. The van der Waals surface area contributed by atoms with Crippen LogP contribution in [-0.4, -0.2) is 32.7 Å². The summed E-state index contributed by atoms with van der Waals surface area (Å²) in [6.45, 7) is 8.21. The van der Waals surface area contributed by atoms with E-state index < -0.39 is 15.6 Å². The molecule has 0 N–H and O–H groups in total. The average molecular weight is 312 g/mol. The van der Waals surface area contributed by atoms with Crippen molar-refractivity contribution in [1.82, 2.24) is 0 Å². The highest BCUT2D eigenvalue weighted by molar-refractivity contribution is 7.91. The monoisotopic (exact) mass is 312 g/mol. The lowest BCUT2D eigenvalue weighted by Crippen LogP contribution is -2.35. The van der Waals surface area contributed by atoms with Gasteiger partial charge in [-0.3, -0.25) is 0 Å². The molecular weight excluding hydrogens is 288 g/mol. The molecule has 0 aromatic heterocycles. The van der Waals surface area contributed by atoms with Crippen molar-refractivity contribution in [3.8, 4) is 0 Å². The number of rotatable bonds is 5. The van der Waals surface area contributed by atoms with E-state index in [0.29, 0.717) is 11.5 Å². The van der Waals surface area contributed by atoms with E-state index in [0.717, 1.165) is 0 Å².